The first-order chi connectivity index (χ1) is 7.58. The van der Waals surface area contributed by atoms with Crippen molar-refractivity contribution in [2.75, 3.05) is 6.54 Å². The molecule has 0 aliphatic carbocycles. The van der Waals surface area contributed by atoms with Gasteiger partial charge in [-0.05, 0) is 31.0 Å². The maximum Gasteiger partial charge on any atom is 0.224 e. The summed E-state index contributed by atoms with van der Waals surface area (Å²) in [5.74, 6) is 0.0405. The van der Waals surface area contributed by atoms with Gasteiger partial charge in [0.1, 0.15) is 0 Å². The third kappa shape index (κ3) is 7.36. The van der Waals surface area contributed by atoms with Gasteiger partial charge in [-0.2, -0.15) is 0 Å². The summed E-state index contributed by atoms with van der Waals surface area (Å²) in [6.07, 6.45) is 1.22. The van der Waals surface area contributed by atoms with Crippen molar-refractivity contribution in [2.24, 2.45) is 5.73 Å². The van der Waals surface area contributed by atoms with Gasteiger partial charge < -0.3 is 11.1 Å². The van der Waals surface area contributed by atoms with Crippen LogP contribution in [0.5, 0.6) is 0 Å². The van der Waals surface area contributed by atoms with Gasteiger partial charge in [-0.1, -0.05) is 28.1 Å². The van der Waals surface area contributed by atoms with E-state index in [4.69, 9.17) is 5.73 Å². The fourth-order valence-corrected chi connectivity index (χ4v) is 1.78. The van der Waals surface area contributed by atoms with E-state index in [-0.39, 0.29) is 24.4 Å². The summed E-state index contributed by atoms with van der Waals surface area (Å²) < 4.78 is 0.994. The molecule has 0 bridgehead atoms. The van der Waals surface area contributed by atoms with Crippen LogP contribution < -0.4 is 11.1 Å². The molecule has 1 aromatic rings. The Hall–Kier alpha value is -0.580. The average Bonchev–Trinajstić information content (AvgIpc) is 2.16. The van der Waals surface area contributed by atoms with Crippen LogP contribution in [0.4, 0.5) is 0 Å². The average molecular weight is 322 g/mol. The minimum atomic E-state index is 0. The van der Waals surface area contributed by atoms with Crippen LogP contribution >= 0.6 is 28.3 Å². The van der Waals surface area contributed by atoms with E-state index in [1.54, 1.807) is 0 Å². The van der Waals surface area contributed by atoms with Gasteiger partial charge in [-0.3, -0.25) is 4.79 Å². The number of carbonyl (C=O) groups is 1. The van der Waals surface area contributed by atoms with Crippen molar-refractivity contribution in [2.45, 2.75) is 25.8 Å². The highest BCUT2D eigenvalue weighted by molar-refractivity contribution is 9.10. The van der Waals surface area contributed by atoms with Gasteiger partial charge in [-0.15, -0.1) is 12.4 Å². The zero-order valence-electron chi connectivity index (χ0n) is 9.78. The van der Waals surface area contributed by atoms with E-state index in [1.165, 1.54) is 0 Å². The Bertz CT molecular complexity index is 358. The van der Waals surface area contributed by atoms with Crippen molar-refractivity contribution in [3.63, 3.8) is 0 Å². The lowest BCUT2D eigenvalue weighted by atomic mass is 10.1. The highest BCUT2D eigenvalue weighted by atomic mass is 79.9. The van der Waals surface area contributed by atoms with Crippen molar-refractivity contribution in [3.05, 3.63) is 34.3 Å². The summed E-state index contributed by atoms with van der Waals surface area (Å²) in [7, 11) is 0. The largest absolute Gasteiger partial charge is 0.356 e. The third-order valence-electron chi connectivity index (χ3n) is 2.18. The quantitative estimate of drug-likeness (QED) is 0.874. The molecule has 1 atom stereocenters. The monoisotopic (exact) mass is 320 g/mol. The maximum absolute atomic E-state index is 11.5. The number of hydrogen-bond acceptors (Lipinski definition) is 2. The molecule has 0 heterocycles. The number of amides is 1. The molecule has 1 rings (SSSR count). The minimum Gasteiger partial charge on any atom is -0.356 e. The highest BCUT2D eigenvalue weighted by Gasteiger charge is 2.03. The van der Waals surface area contributed by atoms with Gasteiger partial charge >= 0.3 is 0 Å². The molecular formula is C12H18BrClN2O. The zero-order chi connectivity index (χ0) is 12.0. The van der Waals surface area contributed by atoms with Gasteiger partial charge in [0.25, 0.3) is 0 Å². The third-order valence-corrected chi connectivity index (χ3v) is 2.67. The predicted octanol–water partition coefficient (Wildman–Crippen LogP) is 2.27. The molecule has 3 N–H and O–H groups in total. The first kappa shape index (κ1) is 16.4. The Labute approximate surface area is 117 Å². The van der Waals surface area contributed by atoms with Crippen LogP contribution in [0.3, 0.4) is 0 Å². The molecule has 17 heavy (non-hydrogen) atoms. The minimum absolute atomic E-state index is 0. The topological polar surface area (TPSA) is 55.1 Å². The van der Waals surface area contributed by atoms with E-state index < -0.39 is 0 Å². The van der Waals surface area contributed by atoms with Gasteiger partial charge in [0.05, 0.1) is 6.42 Å². The maximum atomic E-state index is 11.5. The van der Waals surface area contributed by atoms with Crippen molar-refractivity contribution >= 4 is 34.2 Å². The summed E-state index contributed by atoms with van der Waals surface area (Å²) in [6.45, 7) is 2.57. The Morgan fingerprint density at radius 3 is 2.82 bits per heavy atom. The number of hydrogen-bond donors (Lipinski definition) is 2. The lowest BCUT2D eigenvalue weighted by Crippen LogP contribution is -2.29. The van der Waals surface area contributed by atoms with Crippen LogP contribution in [-0.4, -0.2) is 18.5 Å². The van der Waals surface area contributed by atoms with Gasteiger partial charge in [0.15, 0.2) is 0 Å². The normalized spacial score (nSPS) is 11.5. The summed E-state index contributed by atoms with van der Waals surface area (Å²) in [4.78, 5) is 11.5. The van der Waals surface area contributed by atoms with Crippen LogP contribution in [0.2, 0.25) is 0 Å². The molecule has 0 saturated heterocycles. The zero-order valence-corrected chi connectivity index (χ0v) is 12.2. The highest BCUT2D eigenvalue weighted by Crippen LogP contribution is 2.11. The molecule has 96 valence electrons. The molecular weight excluding hydrogens is 304 g/mol. The number of nitrogens with one attached hydrogen (secondary N) is 1. The Balaban J connectivity index is 0.00000256. The van der Waals surface area contributed by atoms with Crippen LogP contribution in [0.15, 0.2) is 28.7 Å². The smallest absolute Gasteiger partial charge is 0.224 e. The molecule has 0 fully saturated rings. The van der Waals surface area contributed by atoms with Gasteiger partial charge in [-0.25, -0.2) is 0 Å². The number of benzene rings is 1. The van der Waals surface area contributed by atoms with E-state index >= 15 is 0 Å². The summed E-state index contributed by atoms with van der Waals surface area (Å²) in [5.41, 5.74) is 6.60. The van der Waals surface area contributed by atoms with Crippen LogP contribution in [0, 0.1) is 0 Å². The van der Waals surface area contributed by atoms with E-state index in [0.717, 1.165) is 16.5 Å². The molecule has 0 radical (unpaired) electrons. The van der Waals surface area contributed by atoms with Crippen LogP contribution in [-0.2, 0) is 11.2 Å². The van der Waals surface area contributed by atoms with Gasteiger partial charge in [0, 0.05) is 17.1 Å². The van der Waals surface area contributed by atoms with Gasteiger partial charge in [0.2, 0.25) is 5.91 Å². The second-order valence-corrected chi connectivity index (χ2v) is 4.84. The van der Waals surface area contributed by atoms with Crippen LogP contribution in [0.1, 0.15) is 18.9 Å². The Morgan fingerprint density at radius 2 is 2.24 bits per heavy atom. The van der Waals surface area contributed by atoms with Crippen LogP contribution in [0.25, 0.3) is 0 Å². The molecule has 1 unspecified atom stereocenters. The Kier molecular flexibility index (Phi) is 8.21. The number of nitrogens with two attached hydrogens (primary N) is 1. The van der Waals surface area contributed by atoms with Crippen molar-refractivity contribution in [1.82, 2.24) is 5.32 Å². The lowest BCUT2D eigenvalue weighted by Gasteiger charge is -2.07. The lowest BCUT2D eigenvalue weighted by molar-refractivity contribution is -0.120. The second kappa shape index (κ2) is 8.50. The standard InChI is InChI=1S/C12H17BrN2O.ClH/c1-9(14)5-6-15-12(16)8-10-3-2-4-11(13)7-10;/h2-4,7,9H,5-6,8,14H2,1H3,(H,15,16);1H. The Morgan fingerprint density at radius 1 is 1.53 bits per heavy atom. The molecule has 0 spiro atoms. The molecule has 1 amide bonds. The number of carbonyl (C=O) groups excluding carboxylic acids is 1. The molecule has 0 aliphatic rings. The summed E-state index contributed by atoms with van der Waals surface area (Å²) in [6, 6.07) is 7.89. The van der Waals surface area contributed by atoms with E-state index in [2.05, 4.69) is 21.2 Å². The SMILES string of the molecule is CC(N)CCNC(=O)Cc1cccc(Br)c1.Cl. The van der Waals surface area contributed by atoms with E-state index in [1.807, 2.05) is 31.2 Å². The van der Waals surface area contributed by atoms with Crippen molar-refractivity contribution in [1.29, 1.82) is 0 Å². The number of rotatable bonds is 5. The van der Waals surface area contributed by atoms with E-state index in [0.29, 0.717) is 13.0 Å². The van der Waals surface area contributed by atoms with Crippen molar-refractivity contribution < 1.29 is 4.79 Å². The molecule has 1 aromatic carbocycles. The molecule has 0 aliphatic heterocycles. The van der Waals surface area contributed by atoms with E-state index in [9.17, 15) is 4.79 Å². The summed E-state index contributed by atoms with van der Waals surface area (Å²) in [5, 5.41) is 2.85. The predicted molar refractivity (Wildman–Crippen MR) is 76.4 cm³/mol. The second-order valence-electron chi connectivity index (χ2n) is 3.92. The molecule has 0 aromatic heterocycles. The fraction of sp³-hybridized carbons (Fsp3) is 0.417. The first-order valence-electron chi connectivity index (χ1n) is 5.34. The van der Waals surface area contributed by atoms with Crippen molar-refractivity contribution in [3.8, 4) is 0 Å². The first-order valence-corrected chi connectivity index (χ1v) is 6.14. The summed E-state index contributed by atoms with van der Waals surface area (Å²) >= 11 is 3.38. The number of halogens is 2. The molecule has 3 nitrogen and oxygen atoms in total. The molecule has 0 saturated carbocycles. The molecule has 5 heteroatoms. The fourth-order valence-electron chi connectivity index (χ4n) is 1.33.